The van der Waals surface area contributed by atoms with E-state index < -0.39 is 0 Å². The fraction of sp³-hybridized carbons (Fsp3) is 0.750. The number of hydrogen-bond donors (Lipinski definition) is 1. The first-order valence-corrected chi connectivity index (χ1v) is 5.87. The second-order valence-corrected chi connectivity index (χ2v) is 4.03. The van der Waals surface area contributed by atoms with E-state index in [4.69, 9.17) is 9.47 Å². The van der Waals surface area contributed by atoms with Gasteiger partial charge in [-0.25, -0.2) is 4.79 Å². The molecule has 0 atom stereocenters. The number of hydrogen-bond acceptors (Lipinski definition) is 4. The minimum atomic E-state index is -0.354. The van der Waals surface area contributed by atoms with E-state index in [1.54, 1.807) is 6.92 Å². The maximum Gasteiger partial charge on any atom is 0.335 e. The summed E-state index contributed by atoms with van der Waals surface area (Å²) in [6.45, 7) is 8.92. The smallest absolute Gasteiger partial charge is 0.335 e. The molecular formula is C12H21NO3. The second kappa shape index (κ2) is 7.41. The van der Waals surface area contributed by atoms with Crippen LogP contribution in [0.15, 0.2) is 12.2 Å². The van der Waals surface area contributed by atoms with Gasteiger partial charge in [-0.15, -0.1) is 0 Å². The van der Waals surface area contributed by atoms with E-state index in [2.05, 4.69) is 11.9 Å². The molecule has 1 aliphatic heterocycles. The molecule has 1 aliphatic rings. The molecule has 0 aromatic heterocycles. The van der Waals surface area contributed by atoms with Crippen molar-refractivity contribution in [2.24, 2.45) is 5.92 Å². The van der Waals surface area contributed by atoms with Gasteiger partial charge in [0, 0.05) is 6.61 Å². The Balaban J connectivity index is 2.09. The van der Waals surface area contributed by atoms with Crippen LogP contribution in [0.3, 0.4) is 0 Å². The van der Waals surface area contributed by atoms with E-state index >= 15 is 0 Å². The van der Waals surface area contributed by atoms with Crippen LogP contribution < -0.4 is 5.32 Å². The number of rotatable bonds is 6. The lowest BCUT2D eigenvalue weighted by Gasteiger charge is -2.22. The Kier molecular flexibility index (Phi) is 6.11. The number of carbonyl (C=O) groups excluding carboxylic acids is 1. The van der Waals surface area contributed by atoms with Gasteiger partial charge in [0.2, 0.25) is 0 Å². The van der Waals surface area contributed by atoms with Gasteiger partial charge in [-0.1, -0.05) is 6.58 Å². The monoisotopic (exact) mass is 227 g/mol. The van der Waals surface area contributed by atoms with Crippen LogP contribution in [-0.2, 0) is 14.3 Å². The third-order valence-electron chi connectivity index (χ3n) is 2.65. The summed E-state index contributed by atoms with van der Waals surface area (Å²) in [7, 11) is 0. The molecule has 1 N–H and O–H groups in total. The first-order chi connectivity index (χ1) is 7.74. The van der Waals surface area contributed by atoms with Crippen LogP contribution in [-0.4, -0.2) is 38.9 Å². The lowest BCUT2D eigenvalue weighted by atomic mass is 9.99. The van der Waals surface area contributed by atoms with Gasteiger partial charge in [-0.05, 0) is 38.8 Å². The quantitative estimate of drug-likeness (QED) is 0.545. The highest BCUT2D eigenvalue weighted by molar-refractivity contribution is 5.87. The zero-order valence-corrected chi connectivity index (χ0v) is 9.96. The first-order valence-electron chi connectivity index (χ1n) is 5.87. The number of ether oxygens (including phenoxy) is 2. The molecule has 0 aromatic rings. The van der Waals surface area contributed by atoms with Crippen molar-refractivity contribution < 1.29 is 14.3 Å². The molecule has 0 unspecified atom stereocenters. The topological polar surface area (TPSA) is 47.6 Å². The Labute approximate surface area is 97.0 Å². The molecule has 1 fully saturated rings. The lowest BCUT2D eigenvalue weighted by molar-refractivity contribution is -0.139. The van der Waals surface area contributed by atoms with Crippen molar-refractivity contribution in [2.45, 2.75) is 19.8 Å². The summed E-state index contributed by atoms with van der Waals surface area (Å²) >= 11 is 0. The van der Waals surface area contributed by atoms with Crippen molar-refractivity contribution in [1.82, 2.24) is 5.32 Å². The molecule has 0 saturated carbocycles. The summed E-state index contributed by atoms with van der Waals surface area (Å²) in [6, 6.07) is 0. The predicted molar refractivity (Wildman–Crippen MR) is 62.2 cm³/mol. The fourth-order valence-corrected chi connectivity index (χ4v) is 1.69. The number of nitrogens with one attached hydrogen (secondary N) is 1. The highest BCUT2D eigenvalue weighted by atomic mass is 16.5. The molecule has 4 nitrogen and oxygen atoms in total. The molecule has 16 heavy (non-hydrogen) atoms. The lowest BCUT2D eigenvalue weighted by Crippen LogP contribution is -2.30. The van der Waals surface area contributed by atoms with Gasteiger partial charge in [0.05, 0.1) is 18.8 Å². The molecule has 1 saturated heterocycles. The van der Waals surface area contributed by atoms with Crippen LogP contribution in [0, 0.1) is 5.92 Å². The van der Waals surface area contributed by atoms with E-state index in [1.165, 1.54) is 0 Å². The minimum Gasteiger partial charge on any atom is -0.463 e. The van der Waals surface area contributed by atoms with Crippen LogP contribution in [0.4, 0.5) is 0 Å². The Morgan fingerprint density at radius 2 is 2.12 bits per heavy atom. The van der Waals surface area contributed by atoms with Crippen LogP contribution in [0.25, 0.3) is 0 Å². The van der Waals surface area contributed by atoms with Crippen LogP contribution >= 0.6 is 0 Å². The van der Waals surface area contributed by atoms with Gasteiger partial charge < -0.3 is 14.8 Å². The molecule has 0 aromatic carbocycles. The highest BCUT2D eigenvalue weighted by Crippen LogP contribution is 2.12. The van der Waals surface area contributed by atoms with Crippen molar-refractivity contribution in [3.8, 4) is 0 Å². The van der Waals surface area contributed by atoms with Crippen molar-refractivity contribution in [3.05, 3.63) is 12.2 Å². The summed E-state index contributed by atoms with van der Waals surface area (Å²) < 4.78 is 10.3. The molecule has 92 valence electrons. The maximum atomic E-state index is 11.2. The highest BCUT2D eigenvalue weighted by Gasteiger charge is 2.14. The maximum absolute atomic E-state index is 11.2. The largest absolute Gasteiger partial charge is 0.463 e. The van der Waals surface area contributed by atoms with Gasteiger partial charge in [-0.2, -0.15) is 0 Å². The van der Waals surface area contributed by atoms with Gasteiger partial charge in [0.1, 0.15) is 0 Å². The second-order valence-electron chi connectivity index (χ2n) is 4.03. The molecule has 4 heteroatoms. The van der Waals surface area contributed by atoms with Gasteiger partial charge >= 0.3 is 5.97 Å². The van der Waals surface area contributed by atoms with Crippen LogP contribution in [0.5, 0.6) is 0 Å². The molecule has 0 amide bonds. The molecule has 0 bridgehead atoms. The molecule has 0 spiro atoms. The normalized spacial score (nSPS) is 17.1. The van der Waals surface area contributed by atoms with Gasteiger partial charge in [-0.3, -0.25) is 0 Å². The van der Waals surface area contributed by atoms with E-state index in [0.717, 1.165) is 25.9 Å². The Morgan fingerprint density at radius 3 is 2.75 bits per heavy atom. The standard InChI is InChI=1S/C12H21NO3/c1-3-16-12(14)10(2)8-15-9-11-4-6-13-7-5-11/h11,13H,2-9H2,1H3. The SMILES string of the molecule is C=C(COCC1CCNCC1)C(=O)OCC. The average molecular weight is 227 g/mol. The third-order valence-corrected chi connectivity index (χ3v) is 2.65. The first kappa shape index (κ1) is 13.2. The Bertz CT molecular complexity index is 234. The van der Waals surface area contributed by atoms with E-state index in [9.17, 15) is 4.79 Å². The third kappa shape index (κ3) is 4.77. The Hall–Kier alpha value is -0.870. The van der Waals surface area contributed by atoms with Crippen molar-refractivity contribution in [1.29, 1.82) is 0 Å². The molecule has 1 heterocycles. The van der Waals surface area contributed by atoms with Gasteiger partial charge in [0.25, 0.3) is 0 Å². The number of carbonyl (C=O) groups is 1. The fourth-order valence-electron chi connectivity index (χ4n) is 1.69. The van der Waals surface area contributed by atoms with Crippen molar-refractivity contribution >= 4 is 5.97 Å². The molecule has 0 radical (unpaired) electrons. The van der Waals surface area contributed by atoms with Gasteiger partial charge in [0.15, 0.2) is 0 Å². The summed E-state index contributed by atoms with van der Waals surface area (Å²) in [5.41, 5.74) is 0.399. The summed E-state index contributed by atoms with van der Waals surface area (Å²) in [6.07, 6.45) is 2.29. The van der Waals surface area contributed by atoms with E-state index in [0.29, 0.717) is 24.7 Å². The Morgan fingerprint density at radius 1 is 1.44 bits per heavy atom. The number of esters is 1. The van der Waals surface area contributed by atoms with Crippen molar-refractivity contribution in [2.75, 3.05) is 32.9 Å². The zero-order valence-electron chi connectivity index (χ0n) is 9.96. The molecule has 0 aliphatic carbocycles. The van der Waals surface area contributed by atoms with Crippen LogP contribution in [0.1, 0.15) is 19.8 Å². The summed E-state index contributed by atoms with van der Waals surface area (Å²) in [5, 5.41) is 3.30. The summed E-state index contributed by atoms with van der Waals surface area (Å²) in [5.74, 6) is 0.254. The number of piperidine rings is 1. The molecular weight excluding hydrogens is 206 g/mol. The average Bonchev–Trinajstić information content (AvgIpc) is 2.30. The predicted octanol–water partition coefficient (Wildman–Crippen LogP) is 1.12. The molecule has 1 rings (SSSR count). The zero-order chi connectivity index (χ0) is 11.8. The van der Waals surface area contributed by atoms with E-state index in [1.807, 2.05) is 0 Å². The van der Waals surface area contributed by atoms with Crippen molar-refractivity contribution in [3.63, 3.8) is 0 Å². The van der Waals surface area contributed by atoms with Crippen LogP contribution in [0.2, 0.25) is 0 Å². The minimum absolute atomic E-state index is 0.281. The van der Waals surface area contributed by atoms with E-state index in [-0.39, 0.29) is 12.6 Å². The summed E-state index contributed by atoms with van der Waals surface area (Å²) in [4.78, 5) is 11.2.